The van der Waals surface area contributed by atoms with Crippen molar-refractivity contribution in [2.45, 2.75) is 13.8 Å². The van der Waals surface area contributed by atoms with E-state index in [-0.39, 0.29) is 0 Å². The van der Waals surface area contributed by atoms with Gasteiger partial charge in [-0.05, 0) is 108 Å². The molecule has 0 aliphatic carbocycles. The number of rotatable bonds is 7. The Balaban J connectivity index is 1.15. The highest BCUT2D eigenvalue weighted by Gasteiger charge is 2.20. The van der Waals surface area contributed by atoms with Crippen molar-refractivity contribution in [3.63, 3.8) is 0 Å². The molecular formula is C60H42N4. The lowest BCUT2D eigenvalue weighted by Gasteiger charge is -2.17. The van der Waals surface area contributed by atoms with Gasteiger partial charge in [-0.15, -0.1) is 0 Å². The Bertz CT molecular complexity index is 3510. The van der Waals surface area contributed by atoms with Crippen molar-refractivity contribution >= 4 is 43.6 Å². The Labute approximate surface area is 372 Å². The summed E-state index contributed by atoms with van der Waals surface area (Å²) in [5.41, 5.74) is 18.8. The van der Waals surface area contributed by atoms with Crippen LogP contribution in [0.15, 0.2) is 218 Å². The molecule has 3 aromatic heterocycles. The van der Waals surface area contributed by atoms with Crippen LogP contribution < -0.4 is 0 Å². The van der Waals surface area contributed by atoms with E-state index in [4.69, 9.17) is 9.97 Å². The Kier molecular flexibility index (Phi) is 8.91. The highest BCUT2D eigenvalue weighted by atomic mass is 15.0. The minimum Gasteiger partial charge on any atom is -0.309 e. The molecule has 3 heterocycles. The van der Waals surface area contributed by atoms with Crippen molar-refractivity contribution in [3.05, 3.63) is 230 Å². The first-order valence-corrected chi connectivity index (χ1v) is 21.9. The van der Waals surface area contributed by atoms with Crippen molar-refractivity contribution in [1.29, 1.82) is 0 Å². The van der Waals surface area contributed by atoms with Crippen LogP contribution in [0, 0.1) is 13.8 Å². The fourth-order valence-corrected chi connectivity index (χ4v) is 9.70. The van der Waals surface area contributed by atoms with Gasteiger partial charge in [0.15, 0.2) is 5.82 Å². The molecule has 0 saturated heterocycles. The molecule has 0 aliphatic rings. The highest BCUT2D eigenvalue weighted by molar-refractivity contribution is 6.12. The molecule has 0 amide bonds. The van der Waals surface area contributed by atoms with E-state index in [1.807, 2.05) is 24.3 Å². The lowest BCUT2D eigenvalue weighted by Crippen LogP contribution is -2.01. The quantitative estimate of drug-likeness (QED) is 0.161. The van der Waals surface area contributed by atoms with Crippen LogP contribution >= 0.6 is 0 Å². The Morgan fingerprint density at radius 1 is 0.297 bits per heavy atom. The average Bonchev–Trinajstić information content (AvgIpc) is 3.87. The number of para-hydroxylation sites is 2. The maximum atomic E-state index is 5.37. The van der Waals surface area contributed by atoms with Crippen LogP contribution in [-0.2, 0) is 0 Å². The summed E-state index contributed by atoms with van der Waals surface area (Å²) in [7, 11) is 0. The summed E-state index contributed by atoms with van der Waals surface area (Å²) in [4.78, 5) is 10.5. The van der Waals surface area contributed by atoms with Gasteiger partial charge in [0, 0.05) is 49.6 Å². The topological polar surface area (TPSA) is 35.6 Å². The van der Waals surface area contributed by atoms with Gasteiger partial charge in [-0.3, -0.25) is 0 Å². The van der Waals surface area contributed by atoms with Crippen LogP contribution in [0.3, 0.4) is 0 Å². The average molecular weight is 819 g/mol. The number of nitrogens with zero attached hydrogens (tertiary/aromatic N) is 4. The zero-order chi connectivity index (χ0) is 42.7. The van der Waals surface area contributed by atoms with Gasteiger partial charge in [-0.1, -0.05) is 158 Å². The zero-order valence-electron chi connectivity index (χ0n) is 35.6. The van der Waals surface area contributed by atoms with Crippen molar-refractivity contribution in [3.8, 4) is 67.5 Å². The predicted molar refractivity (Wildman–Crippen MR) is 267 cm³/mol. The van der Waals surface area contributed by atoms with Gasteiger partial charge < -0.3 is 9.13 Å². The van der Waals surface area contributed by atoms with Crippen LogP contribution in [0.5, 0.6) is 0 Å². The number of fused-ring (bicyclic) bond motifs is 6. The van der Waals surface area contributed by atoms with E-state index in [0.717, 1.165) is 61.5 Å². The summed E-state index contributed by atoms with van der Waals surface area (Å²) < 4.78 is 4.86. The smallest absolute Gasteiger partial charge is 0.160 e. The molecule has 0 spiro atoms. The van der Waals surface area contributed by atoms with Gasteiger partial charge >= 0.3 is 0 Å². The molecule has 0 atom stereocenters. The molecule has 0 unspecified atom stereocenters. The van der Waals surface area contributed by atoms with Crippen molar-refractivity contribution in [2.75, 3.05) is 0 Å². The molecule has 0 bridgehead atoms. The molecule has 12 aromatic rings. The van der Waals surface area contributed by atoms with E-state index in [1.165, 1.54) is 54.9 Å². The predicted octanol–water partition coefficient (Wildman–Crippen LogP) is 15.6. The van der Waals surface area contributed by atoms with Gasteiger partial charge in [0.05, 0.1) is 33.5 Å². The van der Waals surface area contributed by atoms with E-state index < -0.39 is 0 Å². The van der Waals surface area contributed by atoms with Gasteiger partial charge in [0.25, 0.3) is 0 Å². The maximum Gasteiger partial charge on any atom is 0.160 e. The summed E-state index contributed by atoms with van der Waals surface area (Å²) >= 11 is 0. The zero-order valence-corrected chi connectivity index (χ0v) is 35.6. The van der Waals surface area contributed by atoms with Gasteiger partial charge in [-0.2, -0.15) is 0 Å². The van der Waals surface area contributed by atoms with E-state index in [2.05, 4.69) is 217 Å². The lowest BCUT2D eigenvalue weighted by atomic mass is 9.99. The molecule has 9 aromatic carbocycles. The van der Waals surface area contributed by atoms with Crippen LogP contribution in [0.25, 0.3) is 111 Å². The molecule has 0 aliphatic heterocycles. The second-order valence-electron chi connectivity index (χ2n) is 16.7. The first-order chi connectivity index (χ1) is 31.6. The van der Waals surface area contributed by atoms with E-state index >= 15 is 0 Å². The van der Waals surface area contributed by atoms with Gasteiger partial charge in [-0.25, -0.2) is 9.97 Å². The minimum absolute atomic E-state index is 0.685. The summed E-state index contributed by atoms with van der Waals surface area (Å²) in [5, 5.41) is 4.84. The highest BCUT2D eigenvalue weighted by Crippen LogP contribution is 2.41. The summed E-state index contributed by atoms with van der Waals surface area (Å²) in [6.07, 6.45) is 0. The van der Waals surface area contributed by atoms with Gasteiger partial charge in [0.2, 0.25) is 0 Å². The molecule has 302 valence electrons. The number of aromatic nitrogens is 4. The van der Waals surface area contributed by atoms with E-state index in [1.54, 1.807) is 0 Å². The summed E-state index contributed by atoms with van der Waals surface area (Å²) in [6, 6.07) is 78.5. The number of aryl methyl sites for hydroxylation is 2. The van der Waals surface area contributed by atoms with Crippen molar-refractivity contribution in [2.24, 2.45) is 0 Å². The first-order valence-electron chi connectivity index (χ1n) is 21.9. The molecule has 4 heteroatoms. The van der Waals surface area contributed by atoms with E-state index in [9.17, 15) is 0 Å². The lowest BCUT2D eigenvalue weighted by molar-refractivity contribution is 1.13. The SMILES string of the molecule is Cc1ccccc1-c1ccc2c(c1)c1ccccc1n2-c1cc(-c2cc(-c3ccccc3)nc(-c3ccccc3)n2)cc(-n2c3ccccc3c3cc(-c4ccccc4C)ccc32)c1. The summed E-state index contributed by atoms with van der Waals surface area (Å²) in [5.74, 6) is 0.685. The third-order valence-corrected chi connectivity index (χ3v) is 12.8. The normalized spacial score (nSPS) is 11.6. The largest absolute Gasteiger partial charge is 0.309 e. The van der Waals surface area contributed by atoms with Crippen molar-refractivity contribution in [1.82, 2.24) is 19.1 Å². The molecule has 4 nitrogen and oxygen atoms in total. The number of hydrogen-bond acceptors (Lipinski definition) is 2. The molecule has 0 saturated carbocycles. The monoisotopic (exact) mass is 818 g/mol. The second-order valence-corrected chi connectivity index (χ2v) is 16.7. The standard InChI is InChI=1S/C60H42N4/c1-39-17-9-11-23-48(39)43-29-31-58-52(35-43)50-25-13-15-27-56(50)63(58)46-33-45(55-38-54(41-19-5-3-6-20-41)61-60(62-55)42-21-7-4-8-22-42)34-47(37-46)64-57-28-16-14-26-51(57)53-36-44(30-32-59(53)64)49-24-12-10-18-40(49)2/h3-38H,1-2H3. The molecule has 64 heavy (non-hydrogen) atoms. The molecule has 0 N–H and O–H groups in total. The van der Waals surface area contributed by atoms with Crippen LogP contribution in [0.2, 0.25) is 0 Å². The molecule has 12 rings (SSSR count). The fraction of sp³-hybridized carbons (Fsp3) is 0.0333. The molecular weight excluding hydrogens is 777 g/mol. The fourth-order valence-electron chi connectivity index (χ4n) is 9.70. The number of benzene rings is 9. The van der Waals surface area contributed by atoms with Crippen LogP contribution in [0.1, 0.15) is 11.1 Å². The minimum atomic E-state index is 0.685. The third-order valence-electron chi connectivity index (χ3n) is 12.8. The molecule has 0 radical (unpaired) electrons. The second kappa shape index (κ2) is 15.2. The number of hydrogen-bond donors (Lipinski definition) is 0. The van der Waals surface area contributed by atoms with Gasteiger partial charge in [0.1, 0.15) is 0 Å². The third kappa shape index (κ3) is 6.30. The van der Waals surface area contributed by atoms with Crippen LogP contribution in [-0.4, -0.2) is 19.1 Å². The summed E-state index contributed by atoms with van der Waals surface area (Å²) in [6.45, 7) is 4.38. The first kappa shape index (κ1) is 37.4. The van der Waals surface area contributed by atoms with Crippen LogP contribution in [0.4, 0.5) is 0 Å². The van der Waals surface area contributed by atoms with Crippen molar-refractivity contribution < 1.29 is 0 Å². The Morgan fingerprint density at radius 3 is 1.23 bits per heavy atom. The molecule has 0 fully saturated rings. The van der Waals surface area contributed by atoms with E-state index in [0.29, 0.717) is 5.82 Å². The maximum absolute atomic E-state index is 5.37. The Morgan fingerprint density at radius 2 is 0.719 bits per heavy atom. The Hall–Kier alpha value is -8.34.